The van der Waals surface area contributed by atoms with E-state index in [2.05, 4.69) is 20.8 Å². The maximum Gasteiger partial charge on any atom is 0.0910 e. The number of aliphatic hydroxyl groups excluding tert-OH is 1. The van der Waals surface area contributed by atoms with Gasteiger partial charge in [0.05, 0.1) is 12.2 Å². The van der Waals surface area contributed by atoms with Gasteiger partial charge in [0.1, 0.15) is 0 Å². The third kappa shape index (κ3) is 1.80. The van der Waals surface area contributed by atoms with Crippen molar-refractivity contribution in [1.29, 1.82) is 0 Å². The molecule has 2 nitrogen and oxygen atoms in total. The fourth-order valence-electron chi connectivity index (χ4n) is 8.13. The number of rotatable bonds is 1. The van der Waals surface area contributed by atoms with Crippen molar-refractivity contribution in [1.82, 2.24) is 0 Å². The van der Waals surface area contributed by atoms with Gasteiger partial charge in [0.15, 0.2) is 0 Å². The summed E-state index contributed by atoms with van der Waals surface area (Å²) >= 11 is 0. The number of hydrogen-bond donors (Lipinski definition) is 2. The first kappa shape index (κ1) is 15.4. The van der Waals surface area contributed by atoms with E-state index in [0.29, 0.717) is 22.2 Å². The van der Waals surface area contributed by atoms with Gasteiger partial charge in [0, 0.05) is 0 Å². The van der Waals surface area contributed by atoms with Crippen LogP contribution in [0, 0.1) is 34.0 Å². The molecule has 2 N–H and O–H groups in total. The maximum absolute atomic E-state index is 10.9. The smallest absolute Gasteiger partial charge is 0.0910 e. The van der Waals surface area contributed by atoms with E-state index in [1.165, 1.54) is 44.9 Å². The molecule has 0 aromatic heterocycles. The third-order valence-electron chi connectivity index (χ3n) is 8.89. The average Bonchev–Trinajstić information content (AvgIpc) is 2.65. The van der Waals surface area contributed by atoms with Gasteiger partial charge >= 0.3 is 0 Å². The standard InChI is InChI=1S/C20H34O2/c1-17(2)8-4-9-18(3)15(17)7-10-19-11-14(5-6-16(18)19)20(22,12-19)13-21/h14-16,21-22H,4-13H2,1-3H3/t14?,15-,16+,18-,19+,20+/m1/s1. The van der Waals surface area contributed by atoms with Gasteiger partial charge in [-0.2, -0.15) is 0 Å². The molecule has 1 spiro atoms. The second-order valence-electron chi connectivity index (χ2n) is 10.3. The molecule has 2 bridgehead atoms. The van der Waals surface area contributed by atoms with Gasteiger partial charge < -0.3 is 10.2 Å². The van der Waals surface area contributed by atoms with Gasteiger partial charge in [-0.15, -0.1) is 0 Å². The molecule has 2 heteroatoms. The highest BCUT2D eigenvalue weighted by Crippen LogP contribution is 2.72. The summed E-state index contributed by atoms with van der Waals surface area (Å²) in [6.45, 7) is 7.55. The molecule has 0 aromatic carbocycles. The van der Waals surface area contributed by atoms with Crippen LogP contribution in [0.2, 0.25) is 0 Å². The van der Waals surface area contributed by atoms with Crippen LogP contribution in [0.4, 0.5) is 0 Å². The Morgan fingerprint density at radius 2 is 1.73 bits per heavy atom. The van der Waals surface area contributed by atoms with Crippen LogP contribution in [0.3, 0.4) is 0 Å². The first-order chi connectivity index (χ1) is 10.3. The monoisotopic (exact) mass is 306 g/mol. The van der Waals surface area contributed by atoms with Crippen molar-refractivity contribution in [2.75, 3.05) is 6.61 Å². The van der Waals surface area contributed by atoms with E-state index in [4.69, 9.17) is 0 Å². The molecule has 126 valence electrons. The normalized spacial score (nSPS) is 56.3. The van der Waals surface area contributed by atoms with E-state index in [1.54, 1.807) is 0 Å². The zero-order chi connectivity index (χ0) is 15.8. The molecule has 0 saturated heterocycles. The van der Waals surface area contributed by atoms with Crippen molar-refractivity contribution in [3.05, 3.63) is 0 Å². The number of aliphatic hydroxyl groups is 2. The third-order valence-corrected chi connectivity index (χ3v) is 8.89. The van der Waals surface area contributed by atoms with E-state index >= 15 is 0 Å². The van der Waals surface area contributed by atoms with E-state index in [0.717, 1.165) is 24.7 Å². The molecule has 0 aliphatic heterocycles. The molecule has 0 radical (unpaired) electrons. The summed E-state index contributed by atoms with van der Waals surface area (Å²) in [7, 11) is 0. The summed E-state index contributed by atoms with van der Waals surface area (Å²) < 4.78 is 0. The summed E-state index contributed by atoms with van der Waals surface area (Å²) in [6.07, 6.45) is 11.2. The van der Waals surface area contributed by atoms with Crippen molar-refractivity contribution in [2.45, 2.75) is 84.2 Å². The van der Waals surface area contributed by atoms with E-state index in [9.17, 15) is 10.2 Å². The Balaban J connectivity index is 1.72. The predicted molar refractivity (Wildman–Crippen MR) is 88.4 cm³/mol. The fraction of sp³-hybridized carbons (Fsp3) is 1.00. The Morgan fingerprint density at radius 3 is 2.45 bits per heavy atom. The van der Waals surface area contributed by atoms with Gasteiger partial charge in [-0.3, -0.25) is 0 Å². The molecule has 4 saturated carbocycles. The highest BCUT2D eigenvalue weighted by atomic mass is 16.3. The van der Waals surface area contributed by atoms with Crippen molar-refractivity contribution < 1.29 is 10.2 Å². The molecule has 22 heavy (non-hydrogen) atoms. The minimum absolute atomic E-state index is 0.0300. The van der Waals surface area contributed by atoms with Crippen molar-refractivity contribution >= 4 is 0 Å². The van der Waals surface area contributed by atoms with Crippen molar-refractivity contribution in [3.8, 4) is 0 Å². The van der Waals surface area contributed by atoms with Crippen LogP contribution >= 0.6 is 0 Å². The lowest BCUT2D eigenvalue weighted by molar-refractivity contribution is -0.145. The molecular weight excluding hydrogens is 272 g/mol. The molecular formula is C20H34O2. The summed E-state index contributed by atoms with van der Waals surface area (Å²) in [4.78, 5) is 0. The summed E-state index contributed by atoms with van der Waals surface area (Å²) in [5.41, 5.74) is 0.504. The SMILES string of the molecule is CC1(C)CCC[C@]2(C)[C@@H]1CC[C@@]13CC(CC[C@H]12)[C@@](O)(CO)C3. The molecule has 1 unspecified atom stereocenters. The molecule has 4 fully saturated rings. The largest absolute Gasteiger partial charge is 0.393 e. The quantitative estimate of drug-likeness (QED) is 0.764. The second-order valence-corrected chi connectivity index (χ2v) is 10.3. The second kappa shape index (κ2) is 4.51. The highest BCUT2D eigenvalue weighted by molar-refractivity contribution is 5.16. The predicted octanol–water partition coefficient (Wildman–Crippen LogP) is 4.14. The average molecular weight is 306 g/mol. The van der Waals surface area contributed by atoms with Crippen LogP contribution in [0.25, 0.3) is 0 Å². The minimum atomic E-state index is -0.776. The Kier molecular flexibility index (Phi) is 3.16. The lowest BCUT2D eigenvalue weighted by Crippen LogP contribution is -2.55. The number of hydrogen-bond acceptors (Lipinski definition) is 2. The summed E-state index contributed by atoms with van der Waals surface area (Å²) in [5, 5.41) is 20.7. The van der Waals surface area contributed by atoms with Gasteiger partial charge in [-0.1, -0.05) is 27.2 Å². The zero-order valence-corrected chi connectivity index (χ0v) is 14.7. The molecule has 4 aliphatic carbocycles. The Hall–Kier alpha value is -0.0800. The first-order valence-corrected chi connectivity index (χ1v) is 9.59. The molecule has 0 amide bonds. The molecule has 0 heterocycles. The molecule has 0 aromatic rings. The first-order valence-electron chi connectivity index (χ1n) is 9.59. The van der Waals surface area contributed by atoms with E-state index in [-0.39, 0.29) is 6.61 Å². The topological polar surface area (TPSA) is 40.5 Å². The van der Waals surface area contributed by atoms with Crippen LogP contribution in [-0.4, -0.2) is 22.4 Å². The van der Waals surface area contributed by atoms with Crippen LogP contribution in [0.5, 0.6) is 0 Å². The Labute approximate surface area is 135 Å². The van der Waals surface area contributed by atoms with Crippen LogP contribution in [0.15, 0.2) is 0 Å². The molecule has 4 aliphatic rings. The molecule has 4 rings (SSSR count). The maximum atomic E-state index is 10.9. The van der Waals surface area contributed by atoms with Gasteiger partial charge in [-0.05, 0) is 85.4 Å². The van der Waals surface area contributed by atoms with Gasteiger partial charge in [-0.25, -0.2) is 0 Å². The number of fused-ring (bicyclic) bond motifs is 3. The Bertz CT molecular complexity index is 472. The van der Waals surface area contributed by atoms with Crippen LogP contribution in [-0.2, 0) is 0 Å². The lowest BCUT2D eigenvalue weighted by atomic mass is 9.41. The highest BCUT2D eigenvalue weighted by Gasteiger charge is 2.66. The Morgan fingerprint density at radius 1 is 0.955 bits per heavy atom. The fourth-order valence-corrected chi connectivity index (χ4v) is 8.13. The van der Waals surface area contributed by atoms with Crippen LogP contribution in [0.1, 0.15) is 78.6 Å². The summed E-state index contributed by atoms with van der Waals surface area (Å²) in [5.74, 6) is 1.98. The summed E-state index contributed by atoms with van der Waals surface area (Å²) in [6, 6.07) is 0. The molecule has 6 atom stereocenters. The van der Waals surface area contributed by atoms with Crippen molar-refractivity contribution in [2.24, 2.45) is 34.0 Å². The van der Waals surface area contributed by atoms with Gasteiger partial charge in [0.2, 0.25) is 0 Å². The van der Waals surface area contributed by atoms with E-state index in [1.807, 2.05) is 0 Å². The minimum Gasteiger partial charge on any atom is -0.393 e. The van der Waals surface area contributed by atoms with E-state index < -0.39 is 5.60 Å². The van der Waals surface area contributed by atoms with Gasteiger partial charge in [0.25, 0.3) is 0 Å². The lowest BCUT2D eigenvalue weighted by Gasteiger charge is -2.64. The van der Waals surface area contributed by atoms with Crippen molar-refractivity contribution in [3.63, 3.8) is 0 Å². The zero-order valence-electron chi connectivity index (χ0n) is 14.7. The van der Waals surface area contributed by atoms with Crippen LogP contribution < -0.4 is 0 Å².